The molecular weight excluding hydrogens is 61.0 g/mol. The van der Waals surface area contributed by atoms with Crippen LogP contribution in [0.3, 0.4) is 0 Å². The second-order valence-corrected chi connectivity index (χ2v) is 0.741. The van der Waals surface area contributed by atoms with Gasteiger partial charge in [0.15, 0.2) is 0 Å². The number of aliphatic hydroxyl groups is 1. The molecule has 1 unspecified atom stereocenters. The molecule has 0 radical (unpaired) electrons. The molecule has 0 aromatic rings. The first-order valence-corrected chi connectivity index (χ1v) is 1.17. The number of aliphatic hydroxyl groups excluding tert-OH is 1. The molecule has 3 heteroatoms. The number of hydrogen-bond donors (Lipinski definition) is 2. The first-order chi connectivity index (χ1) is 1.73. The van der Waals surface area contributed by atoms with Crippen molar-refractivity contribution in [3.8, 4) is 0 Å². The third-order valence-corrected chi connectivity index (χ3v) is 0. The fourth-order valence-corrected chi connectivity index (χ4v) is 0. The first-order valence-electron chi connectivity index (χ1n) is 1.17. The van der Waals surface area contributed by atoms with Gasteiger partial charge in [0.2, 0.25) is 0 Å². The van der Waals surface area contributed by atoms with Gasteiger partial charge in [0.05, 0.1) is 6.23 Å². The Balaban J connectivity index is 0. The third kappa shape index (κ3) is 107. The van der Waals surface area contributed by atoms with Crippen LogP contribution >= 0.6 is 0 Å². The van der Waals surface area contributed by atoms with E-state index >= 15 is 0 Å². The van der Waals surface area contributed by atoms with Crippen LogP contribution in [-0.4, -0.2) is 30.2 Å². The van der Waals surface area contributed by atoms with Crippen LogP contribution in [0.4, 0.5) is 0 Å². The quantitative estimate of drug-likeness (QED) is 0.272. The fourth-order valence-electron chi connectivity index (χ4n) is 0. The predicted octanol–water partition coefficient (Wildman–Crippen LogP) is -1.37. The average molecular weight is 69.0 g/mol. The normalized spacial score (nSPS) is 12.6. The fraction of sp³-hybridized carbons (Fsp3) is 1.00. The molecule has 0 amide bonds. The molecule has 1 atom stereocenters. The molecule has 0 heterocycles. The number of hydrogen-bond acceptors (Lipinski definition) is 2. The Bertz CT molecular complexity index is 14.4. The molecule has 0 saturated carbocycles. The molecule has 0 spiro atoms. The van der Waals surface area contributed by atoms with Gasteiger partial charge in [0.1, 0.15) is 0 Å². The van der Waals surface area contributed by atoms with Crippen LogP contribution in [0, 0.1) is 0 Å². The van der Waals surface area contributed by atoms with Gasteiger partial charge in [-0.05, 0) is 6.92 Å². The molecule has 0 saturated heterocycles. The van der Waals surface area contributed by atoms with Gasteiger partial charge in [-0.1, -0.05) is 0 Å². The molecule has 3 N–H and O–H groups in total. The van der Waals surface area contributed by atoms with Crippen molar-refractivity contribution < 1.29 is 5.11 Å². The molecule has 0 bridgehead atoms. The summed E-state index contributed by atoms with van der Waals surface area (Å²) in [6.45, 7) is 1.50. The van der Waals surface area contributed by atoms with Crippen molar-refractivity contribution in [2.75, 3.05) is 0 Å². The van der Waals surface area contributed by atoms with E-state index in [9.17, 15) is 0 Å². The van der Waals surface area contributed by atoms with Crippen molar-refractivity contribution in [1.29, 1.82) is 0 Å². The summed E-state index contributed by atoms with van der Waals surface area (Å²) in [4.78, 5) is 0. The average Bonchev–Trinajstić information content (AvgIpc) is 0.811. The second-order valence-electron chi connectivity index (χ2n) is 0.741. The van der Waals surface area contributed by atoms with Crippen LogP contribution in [0.5, 0.6) is 0 Å². The molecular formula is C2H8LiNO. The van der Waals surface area contributed by atoms with E-state index in [1.807, 2.05) is 0 Å². The zero-order valence-electron chi connectivity index (χ0n) is 2.60. The molecule has 0 aliphatic heterocycles. The summed E-state index contributed by atoms with van der Waals surface area (Å²) in [5.74, 6) is 0. The van der Waals surface area contributed by atoms with Gasteiger partial charge in [-0.15, -0.1) is 0 Å². The Kier molecular flexibility index (Phi) is 8.22. The van der Waals surface area contributed by atoms with E-state index in [1.54, 1.807) is 0 Å². The zero-order chi connectivity index (χ0) is 3.58. The molecule has 0 fully saturated rings. The van der Waals surface area contributed by atoms with E-state index < -0.39 is 6.23 Å². The van der Waals surface area contributed by atoms with E-state index in [-0.39, 0.29) is 18.9 Å². The van der Waals surface area contributed by atoms with Crippen molar-refractivity contribution in [1.82, 2.24) is 0 Å². The Hall–Kier alpha value is 0.517. The van der Waals surface area contributed by atoms with Crippen molar-refractivity contribution in [2.45, 2.75) is 13.2 Å². The van der Waals surface area contributed by atoms with Crippen molar-refractivity contribution in [2.24, 2.45) is 5.73 Å². The van der Waals surface area contributed by atoms with E-state index in [0.29, 0.717) is 0 Å². The monoisotopic (exact) mass is 69.1 g/mol. The van der Waals surface area contributed by atoms with Crippen molar-refractivity contribution >= 4 is 18.9 Å². The minimum atomic E-state index is -0.667. The topological polar surface area (TPSA) is 46.2 Å². The van der Waals surface area contributed by atoms with Gasteiger partial charge in [-0.2, -0.15) is 0 Å². The Morgan fingerprint density at radius 1 is 1.80 bits per heavy atom. The Morgan fingerprint density at radius 3 is 1.80 bits per heavy atom. The van der Waals surface area contributed by atoms with Crippen molar-refractivity contribution in [3.63, 3.8) is 0 Å². The molecule has 28 valence electrons. The van der Waals surface area contributed by atoms with Gasteiger partial charge in [0, 0.05) is 0 Å². The van der Waals surface area contributed by atoms with E-state index in [2.05, 4.69) is 5.73 Å². The van der Waals surface area contributed by atoms with Gasteiger partial charge in [-0.3, -0.25) is 0 Å². The van der Waals surface area contributed by atoms with Gasteiger partial charge in [-0.25, -0.2) is 0 Å². The molecule has 0 aromatic heterocycles. The summed E-state index contributed by atoms with van der Waals surface area (Å²) in [7, 11) is 0. The SMILES string of the molecule is CC(N)O.[LiH]. The summed E-state index contributed by atoms with van der Waals surface area (Å²) >= 11 is 0. The molecule has 2 nitrogen and oxygen atoms in total. The zero-order valence-corrected chi connectivity index (χ0v) is 2.60. The minimum absolute atomic E-state index is 0. The molecule has 5 heavy (non-hydrogen) atoms. The summed E-state index contributed by atoms with van der Waals surface area (Å²) in [5, 5.41) is 7.83. The second kappa shape index (κ2) is 4.52. The standard InChI is InChI=1S/C2H7NO.Li.H/c1-2(3)4;;/h2,4H,3H2,1H3;;. The third-order valence-electron chi connectivity index (χ3n) is 0. The Morgan fingerprint density at radius 2 is 1.80 bits per heavy atom. The molecule has 0 aromatic carbocycles. The molecule has 0 aliphatic carbocycles. The van der Waals surface area contributed by atoms with Crippen LogP contribution in [0.15, 0.2) is 0 Å². The van der Waals surface area contributed by atoms with Crippen molar-refractivity contribution in [3.05, 3.63) is 0 Å². The summed E-state index contributed by atoms with van der Waals surface area (Å²) < 4.78 is 0. The number of nitrogens with two attached hydrogens (primary N) is 1. The molecule has 0 aliphatic rings. The van der Waals surface area contributed by atoms with Crippen LogP contribution in [-0.2, 0) is 0 Å². The van der Waals surface area contributed by atoms with E-state index in [0.717, 1.165) is 0 Å². The summed E-state index contributed by atoms with van der Waals surface area (Å²) in [6.07, 6.45) is -0.667. The van der Waals surface area contributed by atoms with Crippen LogP contribution in [0.2, 0.25) is 0 Å². The van der Waals surface area contributed by atoms with Crippen LogP contribution < -0.4 is 5.73 Å². The first kappa shape index (κ1) is 9.10. The molecule has 0 rings (SSSR count). The van der Waals surface area contributed by atoms with Gasteiger partial charge >= 0.3 is 18.9 Å². The van der Waals surface area contributed by atoms with Gasteiger partial charge < -0.3 is 10.8 Å². The number of rotatable bonds is 0. The van der Waals surface area contributed by atoms with Crippen LogP contribution in [0.25, 0.3) is 0 Å². The van der Waals surface area contributed by atoms with E-state index in [1.165, 1.54) is 6.92 Å². The van der Waals surface area contributed by atoms with Gasteiger partial charge in [0.25, 0.3) is 0 Å². The predicted molar refractivity (Wildman–Crippen MR) is 23.0 cm³/mol. The maximum atomic E-state index is 7.83. The Labute approximate surface area is 43.5 Å². The maximum absolute atomic E-state index is 7.83. The summed E-state index contributed by atoms with van der Waals surface area (Å²) in [6, 6.07) is 0. The van der Waals surface area contributed by atoms with Crippen LogP contribution in [0.1, 0.15) is 6.92 Å². The summed E-state index contributed by atoms with van der Waals surface area (Å²) in [5.41, 5.74) is 4.67. The van der Waals surface area contributed by atoms with E-state index in [4.69, 9.17) is 5.11 Å².